The molecule has 3 heterocycles. The monoisotopic (exact) mass is 466 g/mol. The predicted molar refractivity (Wildman–Crippen MR) is 117 cm³/mol. The van der Waals surface area contributed by atoms with Gasteiger partial charge in [0.15, 0.2) is 17.8 Å². The van der Waals surface area contributed by atoms with E-state index in [-0.39, 0.29) is 28.3 Å². The van der Waals surface area contributed by atoms with Gasteiger partial charge in [-0.1, -0.05) is 40.9 Å². The molecule has 0 saturated heterocycles. The molecule has 1 aliphatic rings. The van der Waals surface area contributed by atoms with E-state index < -0.39 is 5.79 Å². The number of pyridine rings is 2. The highest BCUT2D eigenvalue weighted by molar-refractivity contribution is 6.38. The van der Waals surface area contributed by atoms with Crippen molar-refractivity contribution in [1.29, 1.82) is 0 Å². The van der Waals surface area contributed by atoms with Crippen molar-refractivity contribution in [3.8, 4) is 11.6 Å². The van der Waals surface area contributed by atoms with E-state index in [0.29, 0.717) is 32.7 Å². The molecular weight excluding hydrogens is 451 g/mol. The van der Waals surface area contributed by atoms with Crippen LogP contribution in [0.15, 0.2) is 47.3 Å². The molecule has 0 atom stereocenters. The van der Waals surface area contributed by atoms with E-state index in [1.807, 2.05) is 0 Å². The smallest absolute Gasteiger partial charge is 0.244 e. The van der Waals surface area contributed by atoms with E-state index in [1.54, 1.807) is 43.5 Å². The fourth-order valence-electron chi connectivity index (χ4n) is 3.28. The summed E-state index contributed by atoms with van der Waals surface area (Å²) in [5.41, 5.74) is 1.24. The third kappa shape index (κ3) is 3.71. The lowest BCUT2D eigenvalue weighted by Crippen LogP contribution is -2.21. The molecule has 0 unspecified atom stereocenters. The van der Waals surface area contributed by atoms with Crippen molar-refractivity contribution in [1.82, 2.24) is 9.55 Å². The Morgan fingerprint density at radius 3 is 2.50 bits per heavy atom. The summed E-state index contributed by atoms with van der Waals surface area (Å²) in [6.07, 6.45) is 2.90. The van der Waals surface area contributed by atoms with Crippen LogP contribution in [0.4, 0.5) is 0 Å². The highest BCUT2D eigenvalue weighted by Gasteiger charge is 2.28. The first-order chi connectivity index (χ1) is 14.2. The summed E-state index contributed by atoms with van der Waals surface area (Å²) in [5.74, 6) is -0.171. The summed E-state index contributed by atoms with van der Waals surface area (Å²) in [4.78, 5) is 17.1. The number of halogens is 3. The quantitative estimate of drug-likeness (QED) is 0.495. The van der Waals surface area contributed by atoms with Crippen LogP contribution in [0.3, 0.4) is 0 Å². The van der Waals surface area contributed by atoms with Crippen LogP contribution in [0, 0.1) is 6.92 Å². The maximum atomic E-state index is 12.9. The van der Waals surface area contributed by atoms with Crippen molar-refractivity contribution in [2.45, 2.75) is 26.6 Å². The van der Waals surface area contributed by atoms with E-state index >= 15 is 0 Å². The largest absolute Gasteiger partial charge is 0.469 e. The number of para-hydroxylation sites is 1. The summed E-state index contributed by atoms with van der Waals surface area (Å²) in [6.45, 7) is 5.37. The third-order valence-electron chi connectivity index (χ3n) is 4.50. The van der Waals surface area contributed by atoms with Crippen LogP contribution in [-0.2, 0) is 9.47 Å². The van der Waals surface area contributed by atoms with Crippen molar-refractivity contribution < 1.29 is 14.2 Å². The molecule has 0 spiro atoms. The van der Waals surface area contributed by atoms with Gasteiger partial charge in [-0.2, -0.15) is 0 Å². The number of benzene rings is 1. The number of ether oxygens (including phenoxy) is 3. The fourth-order valence-corrected chi connectivity index (χ4v) is 4.07. The zero-order valence-electron chi connectivity index (χ0n) is 16.3. The number of fused-ring (bicyclic) bond motifs is 1. The SMILES string of the molecule is Cc1cc(=O)c2c(OCC3=COC(C)(C)O3)ncc(Cl)c2n1-c1c(Cl)cccc1Cl. The summed E-state index contributed by atoms with van der Waals surface area (Å²) in [6, 6.07) is 6.63. The molecule has 0 radical (unpaired) electrons. The van der Waals surface area contributed by atoms with Gasteiger partial charge >= 0.3 is 0 Å². The summed E-state index contributed by atoms with van der Waals surface area (Å²) in [7, 11) is 0. The molecule has 0 N–H and O–H groups in total. The fraction of sp³-hybridized carbons (Fsp3) is 0.238. The van der Waals surface area contributed by atoms with E-state index in [9.17, 15) is 4.79 Å². The lowest BCUT2D eigenvalue weighted by atomic mass is 10.2. The predicted octanol–water partition coefficient (Wildman–Crippen LogP) is 5.66. The molecule has 0 aliphatic carbocycles. The van der Waals surface area contributed by atoms with E-state index in [1.165, 1.54) is 18.5 Å². The standard InChI is InChI=1S/C21H17Cl3N2O4/c1-11-7-16(27)17-19(26(11)18-13(22)5-4-6-14(18)23)15(24)8-25-20(17)28-9-12-10-29-21(2,3)30-12/h4-8,10H,9H2,1-3H3. The molecule has 0 bridgehead atoms. The van der Waals surface area contributed by atoms with Crippen LogP contribution < -0.4 is 10.2 Å². The maximum absolute atomic E-state index is 12.9. The second-order valence-electron chi connectivity index (χ2n) is 7.18. The second kappa shape index (κ2) is 7.69. The van der Waals surface area contributed by atoms with E-state index in [4.69, 9.17) is 49.0 Å². The molecule has 0 saturated carbocycles. The van der Waals surface area contributed by atoms with Crippen molar-refractivity contribution in [3.05, 3.63) is 73.5 Å². The van der Waals surface area contributed by atoms with Crippen molar-refractivity contribution in [2.24, 2.45) is 0 Å². The summed E-state index contributed by atoms with van der Waals surface area (Å²) >= 11 is 19.3. The minimum absolute atomic E-state index is 0.0350. The van der Waals surface area contributed by atoms with E-state index in [2.05, 4.69) is 4.98 Å². The number of nitrogens with zero attached hydrogens (tertiary/aromatic N) is 2. The van der Waals surface area contributed by atoms with Crippen molar-refractivity contribution in [2.75, 3.05) is 6.61 Å². The highest BCUT2D eigenvalue weighted by atomic mass is 35.5. The number of hydrogen-bond acceptors (Lipinski definition) is 5. The Hall–Kier alpha value is -2.41. The molecule has 0 fully saturated rings. The second-order valence-corrected chi connectivity index (χ2v) is 8.40. The van der Waals surface area contributed by atoms with Gasteiger partial charge < -0.3 is 18.8 Å². The molecule has 4 rings (SSSR count). The number of rotatable bonds is 4. The normalized spacial score (nSPS) is 14.9. The minimum atomic E-state index is -0.765. The highest BCUT2D eigenvalue weighted by Crippen LogP contribution is 2.36. The van der Waals surface area contributed by atoms with Gasteiger partial charge in [-0.05, 0) is 19.1 Å². The van der Waals surface area contributed by atoms with Gasteiger partial charge in [0.1, 0.15) is 11.6 Å². The lowest BCUT2D eigenvalue weighted by Gasteiger charge is -2.20. The Bertz CT molecular complexity index is 1230. The Kier molecular flexibility index (Phi) is 5.34. The molecule has 156 valence electrons. The molecule has 1 aliphatic heterocycles. The van der Waals surface area contributed by atoms with E-state index in [0.717, 1.165) is 0 Å². The number of aromatic nitrogens is 2. The van der Waals surface area contributed by atoms with Gasteiger partial charge in [0.05, 0.1) is 32.5 Å². The first-order valence-electron chi connectivity index (χ1n) is 9.02. The Morgan fingerprint density at radius 1 is 1.17 bits per heavy atom. The first kappa shape index (κ1) is 20.8. The van der Waals surface area contributed by atoms with Crippen molar-refractivity contribution >= 4 is 45.7 Å². The van der Waals surface area contributed by atoms with Crippen LogP contribution in [0.2, 0.25) is 15.1 Å². The zero-order chi connectivity index (χ0) is 21.6. The van der Waals surface area contributed by atoms with Gasteiger partial charge in [-0.3, -0.25) is 4.79 Å². The van der Waals surface area contributed by atoms with Gasteiger partial charge in [0.2, 0.25) is 11.7 Å². The first-order valence-corrected chi connectivity index (χ1v) is 10.2. The molecule has 1 aromatic carbocycles. The van der Waals surface area contributed by atoms with Crippen LogP contribution in [0.25, 0.3) is 16.6 Å². The molecule has 30 heavy (non-hydrogen) atoms. The van der Waals surface area contributed by atoms with Crippen LogP contribution in [-0.4, -0.2) is 21.9 Å². The average molecular weight is 468 g/mol. The molecular formula is C21H17Cl3N2O4. The average Bonchev–Trinajstić information content (AvgIpc) is 3.02. The van der Waals surface area contributed by atoms with Crippen molar-refractivity contribution in [3.63, 3.8) is 0 Å². The van der Waals surface area contributed by atoms with Gasteiger partial charge in [-0.25, -0.2) is 4.98 Å². The zero-order valence-corrected chi connectivity index (χ0v) is 18.6. The van der Waals surface area contributed by atoms with Crippen LogP contribution >= 0.6 is 34.8 Å². The Morgan fingerprint density at radius 2 is 1.87 bits per heavy atom. The molecule has 9 heteroatoms. The molecule has 2 aromatic heterocycles. The van der Waals surface area contributed by atoms with Crippen LogP contribution in [0.5, 0.6) is 5.88 Å². The number of aryl methyl sites for hydroxylation is 1. The van der Waals surface area contributed by atoms with Gasteiger partial charge in [0.25, 0.3) is 0 Å². The minimum Gasteiger partial charge on any atom is -0.469 e. The summed E-state index contributed by atoms with van der Waals surface area (Å²) in [5, 5.41) is 1.29. The van der Waals surface area contributed by atoms with Gasteiger partial charge in [0, 0.05) is 25.6 Å². The summed E-state index contributed by atoms with van der Waals surface area (Å²) < 4.78 is 18.5. The maximum Gasteiger partial charge on any atom is 0.244 e. The molecule has 6 nitrogen and oxygen atoms in total. The lowest BCUT2D eigenvalue weighted by molar-refractivity contribution is -0.119. The third-order valence-corrected chi connectivity index (χ3v) is 5.38. The molecule has 3 aromatic rings. The Balaban J connectivity index is 1.88. The van der Waals surface area contributed by atoms with Crippen LogP contribution in [0.1, 0.15) is 19.5 Å². The number of hydrogen-bond donors (Lipinski definition) is 0. The Labute approximate surface area is 187 Å². The van der Waals surface area contributed by atoms with Gasteiger partial charge in [-0.15, -0.1) is 0 Å². The molecule has 0 amide bonds. The topological polar surface area (TPSA) is 62.6 Å².